The molecular weight excluding hydrogens is 424 g/mol. The lowest BCUT2D eigenvalue weighted by Gasteiger charge is -2.10. The molecule has 0 heterocycles. The van der Waals surface area contributed by atoms with Crippen LogP contribution in [0.1, 0.15) is 16.8 Å². The molecule has 26 heavy (non-hydrogen) atoms. The molecule has 0 aliphatic rings. The van der Waals surface area contributed by atoms with E-state index in [1.807, 2.05) is 6.07 Å². The topological polar surface area (TPSA) is 76.7 Å². The van der Waals surface area contributed by atoms with Gasteiger partial charge in [0.2, 0.25) is 0 Å². The van der Waals surface area contributed by atoms with Gasteiger partial charge in [-0.15, -0.1) is 0 Å². The Bertz CT molecular complexity index is 768. The highest BCUT2D eigenvalue weighted by Gasteiger charge is 2.06. The van der Waals surface area contributed by atoms with Crippen LogP contribution in [0.25, 0.3) is 0 Å². The number of ether oxygens (including phenoxy) is 2. The van der Waals surface area contributed by atoms with Gasteiger partial charge >= 0.3 is 12.0 Å². The standard InChI is InChI=1S/C18H18BrClN2O4/c1-25-17(23)12-3-6-14(7-4-12)22-18(24)21-9-2-10-26-16-8-5-13(19)11-15(16)20/h3-8,11H,2,9-10H2,1H3,(H2,21,22,24). The first-order chi connectivity index (χ1) is 12.5. The minimum absolute atomic E-state index is 0.336. The van der Waals surface area contributed by atoms with Gasteiger partial charge in [0.25, 0.3) is 0 Å². The Morgan fingerprint density at radius 3 is 2.54 bits per heavy atom. The molecule has 2 amide bonds. The highest BCUT2D eigenvalue weighted by Crippen LogP contribution is 2.27. The molecule has 138 valence electrons. The first-order valence-corrected chi connectivity index (χ1v) is 8.98. The lowest BCUT2D eigenvalue weighted by Crippen LogP contribution is -2.30. The van der Waals surface area contributed by atoms with Gasteiger partial charge in [-0.1, -0.05) is 27.5 Å². The summed E-state index contributed by atoms with van der Waals surface area (Å²) < 4.78 is 11.1. The summed E-state index contributed by atoms with van der Waals surface area (Å²) in [5, 5.41) is 5.94. The Hall–Kier alpha value is -2.25. The fourth-order valence-corrected chi connectivity index (χ4v) is 2.76. The number of urea groups is 1. The van der Waals surface area contributed by atoms with Crippen molar-refractivity contribution in [1.29, 1.82) is 0 Å². The summed E-state index contributed by atoms with van der Waals surface area (Å²) in [6.45, 7) is 0.871. The van der Waals surface area contributed by atoms with E-state index in [1.54, 1.807) is 36.4 Å². The summed E-state index contributed by atoms with van der Waals surface area (Å²) >= 11 is 9.39. The van der Waals surface area contributed by atoms with E-state index in [1.165, 1.54) is 7.11 Å². The molecule has 0 aromatic heterocycles. The molecule has 2 aromatic rings. The first kappa shape index (κ1) is 20.1. The summed E-state index contributed by atoms with van der Waals surface area (Å²) in [6.07, 6.45) is 0.626. The Balaban J connectivity index is 1.68. The second-order valence-electron chi connectivity index (χ2n) is 5.23. The number of halogens is 2. The molecular formula is C18H18BrClN2O4. The van der Waals surface area contributed by atoms with Crippen molar-refractivity contribution in [2.24, 2.45) is 0 Å². The van der Waals surface area contributed by atoms with Gasteiger partial charge in [0.15, 0.2) is 0 Å². The van der Waals surface area contributed by atoms with E-state index in [4.69, 9.17) is 16.3 Å². The van der Waals surface area contributed by atoms with Crippen LogP contribution in [0, 0.1) is 0 Å². The van der Waals surface area contributed by atoms with Crippen molar-refractivity contribution >= 4 is 45.2 Å². The van der Waals surface area contributed by atoms with Crippen molar-refractivity contribution in [3.63, 3.8) is 0 Å². The van der Waals surface area contributed by atoms with Crippen LogP contribution in [0.2, 0.25) is 5.02 Å². The molecule has 0 bridgehead atoms. The van der Waals surface area contributed by atoms with Crippen LogP contribution in [0.3, 0.4) is 0 Å². The van der Waals surface area contributed by atoms with E-state index in [9.17, 15) is 9.59 Å². The zero-order chi connectivity index (χ0) is 18.9. The van der Waals surface area contributed by atoms with E-state index in [-0.39, 0.29) is 6.03 Å². The average Bonchev–Trinajstić information content (AvgIpc) is 2.63. The maximum Gasteiger partial charge on any atom is 0.337 e. The molecule has 0 unspecified atom stereocenters. The van der Waals surface area contributed by atoms with E-state index >= 15 is 0 Å². The van der Waals surface area contributed by atoms with E-state index in [0.29, 0.717) is 41.6 Å². The predicted molar refractivity (Wildman–Crippen MR) is 104 cm³/mol. The van der Waals surface area contributed by atoms with Crippen LogP contribution in [-0.2, 0) is 4.74 Å². The van der Waals surface area contributed by atoms with Gasteiger partial charge in [-0.2, -0.15) is 0 Å². The molecule has 0 saturated carbocycles. The molecule has 2 rings (SSSR count). The zero-order valence-corrected chi connectivity index (χ0v) is 16.4. The fourth-order valence-electron chi connectivity index (χ4n) is 2.03. The van der Waals surface area contributed by atoms with Gasteiger partial charge in [0.05, 0.1) is 24.3 Å². The number of benzene rings is 2. The quantitative estimate of drug-likeness (QED) is 0.491. The SMILES string of the molecule is COC(=O)c1ccc(NC(=O)NCCCOc2ccc(Br)cc2Cl)cc1. The van der Waals surface area contributed by atoms with E-state index in [0.717, 1.165) is 4.47 Å². The smallest absolute Gasteiger partial charge is 0.337 e. The first-order valence-electron chi connectivity index (χ1n) is 7.80. The van der Waals surface area contributed by atoms with Crippen molar-refractivity contribution < 1.29 is 19.1 Å². The number of carbonyl (C=O) groups is 2. The van der Waals surface area contributed by atoms with Gasteiger partial charge in [-0.05, 0) is 48.9 Å². The van der Waals surface area contributed by atoms with Crippen LogP contribution in [-0.4, -0.2) is 32.3 Å². The Kier molecular flexibility index (Phi) is 7.74. The Morgan fingerprint density at radius 1 is 1.15 bits per heavy atom. The molecule has 2 N–H and O–H groups in total. The molecule has 0 spiro atoms. The molecule has 0 saturated heterocycles. The molecule has 2 aromatic carbocycles. The summed E-state index contributed by atoms with van der Waals surface area (Å²) in [5.41, 5.74) is 0.996. The monoisotopic (exact) mass is 440 g/mol. The maximum atomic E-state index is 11.8. The number of nitrogens with one attached hydrogen (secondary N) is 2. The van der Waals surface area contributed by atoms with Crippen molar-refractivity contribution in [3.05, 3.63) is 57.5 Å². The molecule has 0 radical (unpaired) electrons. The van der Waals surface area contributed by atoms with Crippen molar-refractivity contribution in [1.82, 2.24) is 5.32 Å². The van der Waals surface area contributed by atoms with Crippen molar-refractivity contribution in [2.45, 2.75) is 6.42 Å². The third-order valence-electron chi connectivity index (χ3n) is 3.32. The van der Waals surface area contributed by atoms with Crippen LogP contribution in [0.15, 0.2) is 46.9 Å². The summed E-state index contributed by atoms with van der Waals surface area (Å²) in [6, 6.07) is 11.5. The van der Waals surface area contributed by atoms with E-state index in [2.05, 4.69) is 31.3 Å². The number of amides is 2. The van der Waals surface area contributed by atoms with Gasteiger partial charge in [-0.3, -0.25) is 0 Å². The maximum absolute atomic E-state index is 11.8. The lowest BCUT2D eigenvalue weighted by molar-refractivity contribution is 0.0600. The second kappa shape index (κ2) is 10.0. The predicted octanol–water partition coefficient (Wildman–Crippen LogP) is 4.48. The summed E-state index contributed by atoms with van der Waals surface area (Å²) in [7, 11) is 1.32. The number of rotatable bonds is 7. The van der Waals surface area contributed by atoms with Gasteiger partial charge in [0, 0.05) is 16.7 Å². The van der Waals surface area contributed by atoms with Gasteiger partial charge < -0.3 is 20.1 Å². The Labute approximate surface area is 164 Å². The number of esters is 1. The number of methoxy groups -OCH3 is 1. The second-order valence-corrected chi connectivity index (χ2v) is 6.55. The number of anilines is 1. The molecule has 6 nitrogen and oxygen atoms in total. The van der Waals surface area contributed by atoms with Gasteiger partial charge in [0.1, 0.15) is 5.75 Å². The number of hydrogen-bond acceptors (Lipinski definition) is 4. The van der Waals surface area contributed by atoms with E-state index < -0.39 is 5.97 Å². The molecule has 0 atom stereocenters. The molecule has 0 aliphatic carbocycles. The third-order valence-corrected chi connectivity index (χ3v) is 4.11. The summed E-state index contributed by atoms with van der Waals surface area (Å²) in [5.74, 6) is 0.178. The van der Waals surface area contributed by atoms with Crippen LogP contribution >= 0.6 is 27.5 Å². The van der Waals surface area contributed by atoms with Gasteiger partial charge in [-0.25, -0.2) is 9.59 Å². The Morgan fingerprint density at radius 2 is 1.88 bits per heavy atom. The van der Waals surface area contributed by atoms with Crippen LogP contribution in [0.5, 0.6) is 5.75 Å². The zero-order valence-electron chi connectivity index (χ0n) is 14.1. The molecule has 0 fully saturated rings. The minimum atomic E-state index is -0.424. The fraction of sp³-hybridized carbons (Fsp3) is 0.222. The highest BCUT2D eigenvalue weighted by molar-refractivity contribution is 9.10. The number of carbonyl (C=O) groups excluding carboxylic acids is 2. The largest absolute Gasteiger partial charge is 0.492 e. The highest BCUT2D eigenvalue weighted by atomic mass is 79.9. The normalized spacial score (nSPS) is 10.1. The lowest BCUT2D eigenvalue weighted by atomic mass is 10.2. The van der Waals surface area contributed by atoms with Crippen LogP contribution in [0.4, 0.5) is 10.5 Å². The summed E-state index contributed by atoms with van der Waals surface area (Å²) in [4.78, 5) is 23.2. The van der Waals surface area contributed by atoms with Crippen molar-refractivity contribution in [3.8, 4) is 5.75 Å². The van der Waals surface area contributed by atoms with Crippen molar-refractivity contribution in [2.75, 3.05) is 25.6 Å². The third kappa shape index (κ3) is 6.24. The van der Waals surface area contributed by atoms with Crippen LogP contribution < -0.4 is 15.4 Å². The molecule has 8 heteroatoms. The molecule has 0 aliphatic heterocycles. The average molecular weight is 442 g/mol. The number of hydrogen-bond donors (Lipinski definition) is 2. The minimum Gasteiger partial charge on any atom is -0.492 e.